The van der Waals surface area contributed by atoms with Crippen LogP contribution in [0, 0.1) is 0 Å². The molecule has 0 saturated heterocycles. The van der Waals surface area contributed by atoms with Crippen LogP contribution in [-0.2, 0) is 5.41 Å². The molecule has 0 saturated carbocycles. The fourth-order valence-electron chi connectivity index (χ4n) is 12.8. The summed E-state index contributed by atoms with van der Waals surface area (Å²) in [7, 11) is 0. The first-order valence-electron chi connectivity index (χ1n) is 29.3. The third-order valence-corrected chi connectivity index (χ3v) is 16.5. The van der Waals surface area contributed by atoms with Crippen molar-refractivity contribution in [2.24, 2.45) is 0 Å². The average molecular weight is 1020 g/mol. The second-order valence-electron chi connectivity index (χ2n) is 21.1. The SMILES string of the molecule is CC.CC.CC.CC1(C)C2=C(C=C(c3cccc(N(C4=CC=C(c5ccc6c7c(oc6c5)=CCCC=7)CC4)c4ccc(-c5cccc6c5oc5ccccc56)cc4)c3)CC2)c2c(C3=CC=CCC3)cc(C3=CCCC=C3)cc21. The summed E-state index contributed by atoms with van der Waals surface area (Å²) in [4.78, 5) is 2.50. The number of nitrogens with zero attached hydrogens (tertiary/aromatic N) is 1. The van der Waals surface area contributed by atoms with Gasteiger partial charge >= 0.3 is 0 Å². The van der Waals surface area contributed by atoms with Gasteiger partial charge in [-0.15, -0.1) is 0 Å². The molecule has 0 amide bonds. The molecule has 2 aromatic heterocycles. The third kappa shape index (κ3) is 9.46. The van der Waals surface area contributed by atoms with Gasteiger partial charge in [0, 0.05) is 49.4 Å². The van der Waals surface area contributed by atoms with Crippen LogP contribution in [0.4, 0.5) is 11.4 Å². The topological polar surface area (TPSA) is 29.5 Å². The Kier molecular flexibility index (Phi) is 15.1. The largest absolute Gasteiger partial charge is 0.456 e. The lowest BCUT2D eigenvalue weighted by Crippen LogP contribution is -2.21. The molecule has 2 heterocycles. The predicted octanol–water partition coefficient (Wildman–Crippen LogP) is 20.7. The molecule has 0 radical (unpaired) electrons. The van der Waals surface area contributed by atoms with Crippen LogP contribution in [0.1, 0.15) is 153 Å². The van der Waals surface area contributed by atoms with E-state index in [9.17, 15) is 0 Å². The van der Waals surface area contributed by atoms with Gasteiger partial charge in [0.2, 0.25) is 0 Å². The molecule has 0 unspecified atom stereocenters. The van der Waals surface area contributed by atoms with Gasteiger partial charge in [0.05, 0.1) is 0 Å². The highest BCUT2D eigenvalue weighted by Gasteiger charge is 2.40. The van der Waals surface area contributed by atoms with Gasteiger partial charge in [-0.1, -0.05) is 182 Å². The number of benzene rings is 6. The Morgan fingerprint density at radius 2 is 1.26 bits per heavy atom. The van der Waals surface area contributed by atoms with E-state index >= 15 is 0 Å². The third-order valence-electron chi connectivity index (χ3n) is 16.5. The van der Waals surface area contributed by atoms with E-state index in [0.29, 0.717) is 0 Å². The maximum absolute atomic E-state index is 6.51. The molecule has 0 spiro atoms. The summed E-state index contributed by atoms with van der Waals surface area (Å²) >= 11 is 0. The number of rotatable bonds is 8. The van der Waals surface area contributed by atoms with Crippen LogP contribution in [0.15, 0.2) is 196 Å². The van der Waals surface area contributed by atoms with Crippen molar-refractivity contribution < 1.29 is 8.83 Å². The fraction of sp³-hybridized carbons (Fsp3) is 0.253. The Morgan fingerprint density at radius 3 is 2.05 bits per heavy atom. The van der Waals surface area contributed by atoms with Crippen LogP contribution < -0.4 is 15.5 Å². The minimum Gasteiger partial charge on any atom is -0.456 e. The Balaban J connectivity index is 0.00000104. The summed E-state index contributed by atoms with van der Waals surface area (Å²) in [6.45, 7) is 16.9. The van der Waals surface area contributed by atoms with Crippen LogP contribution in [-0.4, -0.2) is 0 Å². The summed E-state index contributed by atoms with van der Waals surface area (Å²) in [6, 6.07) is 45.2. The number of para-hydroxylation sites is 2. The molecule has 0 bridgehead atoms. The van der Waals surface area contributed by atoms with Crippen molar-refractivity contribution in [3.63, 3.8) is 0 Å². The van der Waals surface area contributed by atoms with E-state index in [-0.39, 0.29) is 5.41 Å². The average Bonchev–Trinajstić information content (AvgIpc) is 4.37. The number of hydrogen-bond donors (Lipinski definition) is 0. The van der Waals surface area contributed by atoms with Gasteiger partial charge in [0.15, 0.2) is 0 Å². The molecule has 0 N–H and O–H groups in total. The maximum Gasteiger partial charge on any atom is 0.143 e. The predicted molar refractivity (Wildman–Crippen MR) is 337 cm³/mol. The lowest BCUT2D eigenvalue weighted by molar-refractivity contribution is 0.571. The Labute approximate surface area is 463 Å². The highest BCUT2D eigenvalue weighted by Crippen LogP contribution is 2.55. The Bertz CT molecular complexity index is 3990. The number of hydrogen-bond acceptors (Lipinski definition) is 3. The number of anilines is 2. The van der Waals surface area contributed by atoms with Gasteiger partial charge in [-0.05, 0) is 198 Å². The first-order valence-corrected chi connectivity index (χ1v) is 29.3. The van der Waals surface area contributed by atoms with E-state index in [2.05, 4.69) is 201 Å². The quantitative estimate of drug-likeness (QED) is 0.152. The first kappa shape index (κ1) is 52.2. The minimum absolute atomic E-state index is 0.0532. The van der Waals surface area contributed by atoms with E-state index < -0.39 is 0 Å². The molecule has 392 valence electrons. The molecule has 3 heteroatoms. The van der Waals surface area contributed by atoms with Crippen molar-refractivity contribution in [2.75, 3.05) is 4.90 Å². The summed E-state index contributed by atoms with van der Waals surface area (Å²) in [5.74, 6) is 0. The summed E-state index contributed by atoms with van der Waals surface area (Å²) in [5, 5.41) is 4.75. The van der Waals surface area contributed by atoms with E-state index in [1.807, 2.05) is 47.6 Å². The monoisotopic (exact) mass is 1020 g/mol. The Hall–Kier alpha value is -7.88. The lowest BCUT2D eigenvalue weighted by Gasteiger charge is -2.31. The molecule has 6 aromatic carbocycles. The molecule has 0 fully saturated rings. The highest BCUT2D eigenvalue weighted by atomic mass is 16.3. The molecule has 14 rings (SSSR count). The zero-order valence-electron chi connectivity index (χ0n) is 47.2. The van der Waals surface area contributed by atoms with Crippen molar-refractivity contribution in [3.8, 4) is 11.1 Å². The highest BCUT2D eigenvalue weighted by molar-refractivity contribution is 6.09. The normalized spacial score (nSPS) is 16.7. The van der Waals surface area contributed by atoms with Crippen molar-refractivity contribution in [1.29, 1.82) is 0 Å². The molecular weight excluding hydrogens is 947 g/mol. The molecule has 6 aliphatic carbocycles. The summed E-state index contributed by atoms with van der Waals surface area (Å²) in [5.41, 5.74) is 26.4. The van der Waals surface area contributed by atoms with Crippen LogP contribution in [0.25, 0.3) is 84.1 Å². The zero-order valence-corrected chi connectivity index (χ0v) is 47.2. The first-order chi connectivity index (χ1) is 38.4. The van der Waals surface area contributed by atoms with Crippen molar-refractivity contribution in [3.05, 3.63) is 231 Å². The van der Waals surface area contributed by atoms with Crippen LogP contribution >= 0.6 is 0 Å². The van der Waals surface area contributed by atoms with E-state index in [1.165, 1.54) is 83.2 Å². The smallest absolute Gasteiger partial charge is 0.143 e. The van der Waals surface area contributed by atoms with E-state index in [1.54, 1.807) is 5.57 Å². The molecular formula is C75H75NO2. The Morgan fingerprint density at radius 1 is 0.487 bits per heavy atom. The van der Waals surface area contributed by atoms with Gasteiger partial charge in [0.1, 0.15) is 22.2 Å². The molecule has 78 heavy (non-hydrogen) atoms. The zero-order chi connectivity index (χ0) is 53.9. The summed E-state index contributed by atoms with van der Waals surface area (Å²) in [6.07, 6.45) is 36.3. The number of allylic oxidation sites excluding steroid dienone is 16. The second kappa shape index (κ2) is 22.6. The van der Waals surface area contributed by atoms with Gasteiger partial charge in [-0.3, -0.25) is 0 Å². The lowest BCUT2D eigenvalue weighted by atomic mass is 9.76. The van der Waals surface area contributed by atoms with Crippen molar-refractivity contribution in [1.82, 2.24) is 0 Å². The van der Waals surface area contributed by atoms with Crippen LogP contribution in [0.5, 0.6) is 0 Å². The number of fused-ring (bicyclic) bond motifs is 8. The molecule has 8 aromatic rings. The van der Waals surface area contributed by atoms with E-state index in [4.69, 9.17) is 8.83 Å². The summed E-state index contributed by atoms with van der Waals surface area (Å²) < 4.78 is 12.9. The van der Waals surface area contributed by atoms with Crippen molar-refractivity contribution >= 4 is 84.3 Å². The molecule has 0 aliphatic heterocycles. The van der Waals surface area contributed by atoms with Crippen LogP contribution in [0.2, 0.25) is 0 Å². The van der Waals surface area contributed by atoms with E-state index in [0.717, 1.165) is 114 Å². The van der Waals surface area contributed by atoms with Gasteiger partial charge in [-0.2, -0.15) is 0 Å². The van der Waals surface area contributed by atoms with Crippen LogP contribution in [0.3, 0.4) is 0 Å². The maximum atomic E-state index is 6.51. The second-order valence-corrected chi connectivity index (χ2v) is 21.1. The minimum atomic E-state index is -0.0532. The van der Waals surface area contributed by atoms with Crippen molar-refractivity contribution in [2.45, 2.75) is 125 Å². The standard InChI is InChI=1S/C69H57NO2.3C2H6/c1-69(2)62-38-32-49(40-61(62)67-60(46-17-7-4-8-18-46)41-51(42-63(67)69)44-15-5-3-6-16-44)48-19-13-20-54(39-48)70(52-33-27-45(28-34-52)50-31-37-58-56-21-9-11-25-64(56)71-66(58)43-50)53-35-29-47(30-36-53)55-23-14-24-59-57-22-10-12-26-65(57)72-68(55)59;3*1-2/h4-5,7,10,12-17,19-27,29-31,33,35-37,39-43H,3,6,8-9,11,18,28,32,34,38H2,1-2H3;3*1-2H3. The van der Waals surface area contributed by atoms with Gasteiger partial charge in [0.25, 0.3) is 0 Å². The molecule has 6 aliphatic rings. The van der Waals surface area contributed by atoms with Gasteiger partial charge < -0.3 is 13.7 Å². The fourth-order valence-corrected chi connectivity index (χ4v) is 12.8. The molecule has 0 atom stereocenters. The molecule has 3 nitrogen and oxygen atoms in total. The number of furan rings is 2. The van der Waals surface area contributed by atoms with Gasteiger partial charge in [-0.25, -0.2) is 0 Å².